The predicted molar refractivity (Wildman–Crippen MR) is 79.9 cm³/mol. The maximum Gasteiger partial charge on any atom is 0.138 e. The molecule has 0 amide bonds. The van der Waals surface area contributed by atoms with Gasteiger partial charge in [-0.1, -0.05) is 26.7 Å². The van der Waals surface area contributed by atoms with Gasteiger partial charge in [0.2, 0.25) is 0 Å². The molecule has 0 N–H and O–H groups in total. The molecule has 0 bridgehead atoms. The van der Waals surface area contributed by atoms with E-state index in [1.165, 1.54) is 43.1 Å². The Kier molecular flexibility index (Phi) is 7.36. The standard InChI is InChI=1S/C15H22N2S/c1-3-5-11-17(12-6-4-2)14-7-9-15(10-8-14)18-13-16/h7-10H,3-6,11-12H2,1-2H3. The van der Waals surface area contributed by atoms with Crippen LogP contribution in [-0.2, 0) is 0 Å². The zero-order valence-corrected chi connectivity index (χ0v) is 12.2. The van der Waals surface area contributed by atoms with Gasteiger partial charge in [0.1, 0.15) is 5.40 Å². The molecular formula is C15H22N2S. The highest BCUT2D eigenvalue weighted by molar-refractivity contribution is 8.03. The highest BCUT2D eigenvalue weighted by atomic mass is 32.2. The maximum atomic E-state index is 8.63. The summed E-state index contributed by atoms with van der Waals surface area (Å²) in [5.41, 5.74) is 1.28. The first-order valence-electron chi connectivity index (χ1n) is 6.72. The van der Waals surface area contributed by atoms with Crippen LogP contribution in [0.15, 0.2) is 29.2 Å². The van der Waals surface area contributed by atoms with E-state index in [4.69, 9.17) is 5.26 Å². The van der Waals surface area contributed by atoms with Crippen molar-refractivity contribution < 1.29 is 0 Å². The molecule has 0 unspecified atom stereocenters. The molecule has 0 aliphatic carbocycles. The summed E-state index contributed by atoms with van der Waals surface area (Å²) in [6, 6.07) is 8.33. The van der Waals surface area contributed by atoms with Crippen molar-refractivity contribution in [3.8, 4) is 5.40 Å². The van der Waals surface area contributed by atoms with E-state index in [1.807, 2.05) is 12.1 Å². The normalized spacial score (nSPS) is 10.1. The van der Waals surface area contributed by atoms with E-state index in [1.54, 1.807) is 0 Å². The Morgan fingerprint density at radius 3 is 2.06 bits per heavy atom. The summed E-state index contributed by atoms with van der Waals surface area (Å²) >= 11 is 1.22. The lowest BCUT2D eigenvalue weighted by Crippen LogP contribution is -2.25. The van der Waals surface area contributed by atoms with E-state index in [9.17, 15) is 0 Å². The number of hydrogen-bond donors (Lipinski definition) is 0. The van der Waals surface area contributed by atoms with Crippen LogP contribution < -0.4 is 4.90 Å². The van der Waals surface area contributed by atoms with Gasteiger partial charge >= 0.3 is 0 Å². The van der Waals surface area contributed by atoms with Crippen molar-refractivity contribution in [3.05, 3.63) is 24.3 Å². The number of nitrogens with zero attached hydrogens (tertiary/aromatic N) is 2. The van der Waals surface area contributed by atoms with Gasteiger partial charge in [0.25, 0.3) is 0 Å². The Balaban J connectivity index is 2.67. The molecule has 0 atom stereocenters. The fourth-order valence-corrected chi connectivity index (χ4v) is 2.22. The van der Waals surface area contributed by atoms with Crippen molar-refractivity contribution in [2.75, 3.05) is 18.0 Å². The average Bonchev–Trinajstić information content (AvgIpc) is 2.41. The van der Waals surface area contributed by atoms with Gasteiger partial charge in [-0.3, -0.25) is 0 Å². The molecular weight excluding hydrogens is 240 g/mol. The fraction of sp³-hybridized carbons (Fsp3) is 0.533. The lowest BCUT2D eigenvalue weighted by Gasteiger charge is -2.24. The zero-order chi connectivity index (χ0) is 13.2. The summed E-state index contributed by atoms with van der Waals surface area (Å²) in [6.45, 7) is 6.71. The third kappa shape index (κ3) is 5.01. The van der Waals surface area contributed by atoms with Crippen LogP contribution in [0.2, 0.25) is 0 Å². The number of thioether (sulfide) groups is 1. The molecule has 18 heavy (non-hydrogen) atoms. The van der Waals surface area contributed by atoms with Crippen LogP contribution in [0.1, 0.15) is 39.5 Å². The van der Waals surface area contributed by atoms with Gasteiger partial charge in [0.05, 0.1) is 0 Å². The SMILES string of the molecule is CCCCN(CCCC)c1ccc(SC#N)cc1. The van der Waals surface area contributed by atoms with E-state index in [0.29, 0.717) is 0 Å². The number of anilines is 1. The summed E-state index contributed by atoms with van der Waals surface area (Å²) in [4.78, 5) is 3.47. The molecule has 0 fully saturated rings. The van der Waals surface area contributed by atoms with Gasteiger partial charge < -0.3 is 4.90 Å². The molecule has 0 saturated heterocycles. The number of rotatable bonds is 8. The Labute approximate surface area is 115 Å². The minimum atomic E-state index is 1.02. The molecule has 0 aliphatic rings. The third-order valence-corrected chi connectivity index (χ3v) is 3.53. The highest BCUT2D eigenvalue weighted by Gasteiger charge is 2.05. The van der Waals surface area contributed by atoms with Crippen LogP contribution in [0.4, 0.5) is 5.69 Å². The quantitative estimate of drug-likeness (QED) is 0.503. The van der Waals surface area contributed by atoms with E-state index < -0.39 is 0 Å². The van der Waals surface area contributed by atoms with Gasteiger partial charge in [-0.25, -0.2) is 0 Å². The van der Waals surface area contributed by atoms with Crippen LogP contribution in [-0.4, -0.2) is 13.1 Å². The van der Waals surface area contributed by atoms with Crippen LogP contribution >= 0.6 is 11.8 Å². The molecule has 0 radical (unpaired) electrons. The minimum absolute atomic E-state index is 1.02. The van der Waals surface area contributed by atoms with Gasteiger partial charge in [0.15, 0.2) is 0 Å². The largest absolute Gasteiger partial charge is 0.372 e. The second-order valence-electron chi connectivity index (χ2n) is 4.38. The van der Waals surface area contributed by atoms with Crippen LogP contribution in [0.5, 0.6) is 0 Å². The van der Waals surface area contributed by atoms with E-state index in [-0.39, 0.29) is 0 Å². The van der Waals surface area contributed by atoms with Crippen LogP contribution in [0.25, 0.3) is 0 Å². The smallest absolute Gasteiger partial charge is 0.138 e. The van der Waals surface area contributed by atoms with Crippen molar-refractivity contribution in [1.29, 1.82) is 5.26 Å². The topological polar surface area (TPSA) is 27.0 Å². The summed E-state index contributed by atoms with van der Waals surface area (Å²) in [7, 11) is 0. The Hall–Kier alpha value is -1.14. The fourth-order valence-electron chi connectivity index (χ4n) is 1.85. The Morgan fingerprint density at radius 1 is 1.06 bits per heavy atom. The predicted octanol–water partition coefficient (Wildman–Crippen LogP) is 4.67. The van der Waals surface area contributed by atoms with Crippen molar-refractivity contribution >= 4 is 17.4 Å². The summed E-state index contributed by atoms with van der Waals surface area (Å²) in [5.74, 6) is 0. The molecule has 1 aromatic rings. The van der Waals surface area contributed by atoms with E-state index in [0.717, 1.165) is 18.0 Å². The molecule has 1 rings (SSSR count). The minimum Gasteiger partial charge on any atom is -0.372 e. The first kappa shape index (κ1) is 14.9. The van der Waals surface area contributed by atoms with Gasteiger partial charge in [-0.2, -0.15) is 5.26 Å². The molecule has 0 spiro atoms. The molecule has 2 nitrogen and oxygen atoms in total. The van der Waals surface area contributed by atoms with E-state index >= 15 is 0 Å². The lowest BCUT2D eigenvalue weighted by atomic mass is 10.2. The van der Waals surface area contributed by atoms with Gasteiger partial charge in [-0.05, 0) is 48.9 Å². The summed E-state index contributed by atoms with van der Waals surface area (Å²) < 4.78 is 0. The number of hydrogen-bond acceptors (Lipinski definition) is 3. The van der Waals surface area contributed by atoms with Crippen molar-refractivity contribution in [3.63, 3.8) is 0 Å². The number of benzene rings is 1. The average molecular weight is 262 g/mol. The first-order chi connectivity index (χ1) is 8.81. The summed E-state index contributed by atoms with van der Waals surface area (Å²) in [5, 5.41) is 10.7. The zero-order valence-electron chi connectivity index (χ0n) is 11.4. The van der Waals surface area contributed by atoms with Crippen molar-refractivity contribution in [2.45, 2.75) is 44.4 Å². The van der Waals surface area contributed by atoms with E-state index in [2.05, 4.69) is 36.3 Å². The maximum absolute atomic E-state index is 8.63. The van der Waals surface area contributed by atoms with Crippen molar-refractivity contribution in [1.82, 2.24) is 0 Å². The second kappa shape index (κ2) is 8.88. The molecule has 0 saturated carbocycles. The molecule has 0 heterocycles. The molecule has 0 aromatic heterocycles. The second-order valence-corrected chi connectivity index (χ2v) is 5.24. The molecule has 1 aromatic carbocycles. The third-order valence-electron chi connectivity index (χ3n) is 2.93. The highest BCUT2D eigenvalue weighted by Crippen LogP contribution is 2.22. The van der Waals surface area contributed by atoms with Crippen LogP contribution in [0, 0.1) is 10.7 Å². The van der Waals surface area contributed by atoms with Gasteiger partial charge in [-0.15, -0.1) is 0 Å². The number of unbranched alkanes of at least 4 members (excludes halogenated alkanes) is 2. The van der Waals surface area contributed by atoms with Crippen LogP contribution in [0.3, 0.4) is 0 Å². The monoisotopic (exact) mass is 262 g/mol. The number of nitriles is 1. The lowest BCUT2D eigenvalue weighted by molar-refractivity contribution is 0.678. The van der Waals surface area contributed by atoms with Gasteiger partial charge in [0, 0.05) is 23.7 Å². The Morgan fingerprint density at radius 2 is 1.61 bits per heavy atom. The molecule has 3 heteroatoms. The summed E-state index contributed by atoms with van der Waals surface area (Å²) in [6.07, 6.45) is 4.92. The van der Waals surface area contributed by atoms with Crippen molar-refractivity contribution in [2.24, 2.45) is 0 Å². The number of thiocyanates is 1. The Bertz CT molecular complexity index is 359. The molecule has 98 valence electrons. The molecule has 0 aliphatic heterocycles. The first-order valence-corrected chi connectivity index (χ1v) is 7.54.